The van der Waals surface area contributed by atoms with Crippen molar-refractivity contribution in [3.05, 3.63) is 28.3 Å². The number of amides is 1. The van der Waals surface area contributed by atoms with Gasteiger partial charge in [0.05, 0.1) is 10.7 Å². The van der Waals surface area contributed by atoms with Crippen molar-refractivity contribution in [2.45, 2.75) is 26.3 Å². The van der Waals surface area contributed by atoms with E-state index in [4.69, 9.17) is 0 Å². The van der Waals surface area contributed by atoms with Crippen molar-refractivity contribution in [1.82, 2.24) is 20.6 Å². The van der Waals surface area contributed by atoms with E-state index in [9.17, 15) is 4.79 Å². The maximum atomic E-state index is 12.3. The minimum Gasteiger partial charge on any atom is -0.357 e. The number of aryl methyl sites for hydroxylation is 1. The predicted octanol–water partition coefficient (Wildman–Crippen LogP) is 3.02. The third-order valence-electron chi connectivity index (χ3n) is 3.94. The lowest BCUT2D eigenvalue weighted by atomic mass is 9.95. The van der Waals surface area contributed by atoms with Gasteiger partial charge in [0.25, 0.3) is 5.91 Å². The molecule has 0 aliphatic carbocycles. The van der Waals surface area contributed by atoms with Gasteiger partial charge in [0.1, 0.15) is 5.69 Å². The summed E-state index contributed by atoms with van der Waals surface area (Å²) in [6.45, 7) is 6.06. The number of hydrogen-bond acceptors (Lipinski definition) is 4. The number of thiazole rings is 1. The summed E-state index contributed by atoms with van der Waals surface area (Å²) >= 11 is 1.61. The first kappa shape index (κ1) is 20.0. The molecular weight excluding hydrogens is 355 g/mol. The lowest BCUT2D eigenvalue weighted by Crippen LogP contribution is -2.48. The largest absolute Gasteiger partial charge is 0.357 e. The van der Waals surface area contributed by atoms with Gasteiger partial charge in [0.15, 0.2) is 0 Å². The Morgan fingerprint density at radius 2 is 2.22 bits per heavy atom. The Balaban J connectivity index is 0.00000132. The number of rotatable bonds is 3. The van der Waals surface area contributed by atoms with Crippen molar-refractivity contribution in [3.63, 3.8) is 0 Å². The standard InChI is InChI=1S/C15H20N4OS.2ClH/c1-9-6-16-4-3-12(9)19-15(20)13-5-11(7-17-13)14-8-21-10(2)18-14;;/h5,7-9,12,16-17H,3-4,6H2,1-2H3,(H,19,20);2*1H. The summed E-state index contributed by atoms with van der Waals surface area (Å²) in [7, 11) is 0. The molecule has 2 aromatic rings. The first-order valence-corrected chi connectivity index (χ1v) is 8.14. The van der Waals surface area contributed by atoms with Gasteiger partial charge >= 0.3 is 0 Å². The summed E-state index contributed by atoms with van der Waals surface area (Å²) in [5.74, 6) is 0.422. The van der Waals surface area contributed by atoms with Crippen LogP contribution in [0.1, 0.15) is 28.8 Å². The van der Waals surface area contributed by atoms with Crippen LogP contribution in [0.4, 0.5) is 0 Å². The Morgan fingerprint density at radius 3 is 2.87 bits per heavy atom. The Kier molecular flexibility index (Phi) is 7.54. The highest BCUT2D eigenvalue weighted by atomic mass is 35.5. The Bertz CT molecular complexity index is 643. The zero-order valence-corrected chi connectivity index (χ0v) is 15.5. The number of piperidine rings is 1. The highest BCUT2D eigenvalue weighted by Crippen LogP contribution is 2.22. The van der Waals surface area contributed by atoms with Crippen LogP contribution in [-0.2, 0) is 0 Å². The van der Waals surface area contributed by atoms with Crippen molar-refractivity contribution >= 4 is 42.1 Å². The second-order valence-electron chi connectivity index (χ2n) is 5.60. The highest BCUT2D eigenvalue weighted by molar-refractivity contribution is 7.09. The van der Waals surface area contributed by atoms with Crippen LogP contribution in [0, 0.1) is 12.8 Å². The van der Waals surface area contributed by atoms with Crippen molar-refractivity contribution in [2.75, 3.05) is 13.1 Å². The van der Waals surface area contributed by atoms with E-state index in [-0.39, 0.29) is 36.8 Å². The Hall–Kier alpha value is -1.08. The molecule has 0 radical (unpaired) electrons. The highest BCUT2D eigenvalue weighted by Gasteiger charge is 2.23. The predicted molar refractivity (Wildman–Crippen MR) is 99.0 cm³/mol. The number of halogens is 2. The van der Waals surface area contributed by atoms with E-state index in [1.807, 2.05) is 24.6 Å². The monoisotopic (exact) mass is 376 g/mol. The number of carbonyl (C=O) groups is 1. The fourth-order valence-corrected chi connectivity index (χ4v) is 3.27. The zero-order chi connectivity index (χ0) is 14.8. The van der Waals surface area contributed by atoms with Crippen LogP contribution in [-0.4, -0.2) is 35.0 Å². The maximum absolute atomic E-state index is 12.3. The Labute approximate surface area is 152 Å². The number of nitrogens with zero attached hydrogens (tertiary/aromatic N) is 1. The molecular formula is C15H22Cl2N4OS. The molecule has 128 valence electrons. The quantitative estimate of drug-likeness (QED) is 0.770. The van der Waals surface area contributed by atoms with Crippen LogP contribution < -0.4 is 10.6 Å². The van der Waals surface area contributed by atoms with Gasteiger partial charge < -0.3 is 15.6 Å². The molecule has 1 aliphatic rings. The van der Waals surface area contributed by atoms with Gasteiger partial charge in [0, 0.05) is 23.2 Å². The van der Waals surface area contributed by atoms with Gasteiger partial charge in [-0.3, -0.25) is 4.79 Å². The molecule has 0 saturated carbocycles. The molecule has 0 aromatic carbocycles. The van der Waals surface area contributed by atoms with E-state index in [1.165, 1.54) is 0 Å². The van der Waals surface area contributed by atoms with Crippen LogP contribution in [0.15, 0.2) is 17.6 Å². The van der Waals surface area contributed by atoms with Crippen LogP contribution >= 0.6 is 36.2 Å². The molecule has 2 unspecified atom stereocenters. The molecule has 5 nitrogen and oxygen atoms in total. The third-order valence-corrected chi connectivity index (χ3v) is 4.72. The summed E-state index contributed by atoms with van der Waals surface area (Å²) < 4.78 is 0. The third kappa shape index (κ3) is 4.70. The van der Waals surface area contributed by atoms with Gasteiger partial charge in [-0.2, -0.15) is 0 Å². The fourth-order valence-electron chi connectivity index (χ4n) is 2.64. The maximum Gasteiger partial charge on any atom is 0.267 e. The summed E-state index contributed by atoms with van der Waals surface area (Å²) in [5.41, 5.74) is 2.48. The van der Waals surface area contributed by atoms with Crippen molar-refractivity contribution < 1.29 is 4.79 Å². The smallest absolute Gasteiger partial charge is 0.267 e. The van der Waals surface area contributed by atoms with Gasteiger partial charge in [-0.1, -0.05) is 6.92 Å². The van der Waals surface area contributed by atoms with E-state index in [0.29, 0.717) is 11.6 Å². The summed E-state index contributed by atoms with van der Waals surface area (Å²) in [6, 6.07) is 2.11. The molecule has 2 atom stereocenters. The van der Waals surface area contributed by atoms with Gasteiger partial charge in [-0.25, -0.2) is 4.98 Å². The molecule has 3 rings (SSSR count). The second-order valence-corrected chi connectivity index (χ2v) is 6.67. The molecule has 2 aromatic heterocycles. The first-order chi connectivity index (χ1) is 10.1. The lowest BCUT2D eigenvalue weighted by molar-refractivity contribution is 0.0910. The molecule has 3 heterocycles. The average Bonchev–Trinajstić information content (AvgIpc) is 3.10. The average molecular weight is 377 g/mol. The molecule has 3 N–H and O–H groups in total. The molecule has 1 fully saturated rings. The Morgan fingerprint density at radius 1 is 1.43 bits per heavy atom. The summed E-state index contributed by atoms with van der Waals surface area (Å²) in [4.78, 5) is 19.8. The number of aromatic amines is 1. The van der Waals surface area contributed by atoms with E-state index in [1.54, 1.807) is 11.3 Å². The SMILES string of the molecule is Cc1nc(-c2c[nH]c(C(=O)NC3CCNCC3C)c2)cs1.Cl.Cl. The molecule has 1 saturated heterocycles. The van der Waals surface area contributed by atoms with E-state index in [2.05, 4.69) is 27.5 Å². The molecule has 23 heavy (non-hydrogen) atoms. The van der Waals surface area contributed by atoms with E-state index < -0.39 is 0 Å². The normalized spacial score (nSPS) is 20.3. The number of hydrogen-bond donors (Lipinski definition) is 3. The molecule has 1 aliphatic heterocycles. The summed E-state index contributed by atoms with van der Waals surface area (Å²) in [6.07, 6.45) is 2.82. The number of H-pyrrole nitrogens is 1. The molecule has 1 amide bonds. The van der Waals surface area contributed by atoms with Crippen molar-refractivity contribution in [3.8, 4) is 11.3 Å². The number of nitrogens with one attached hydrogen (secondary N) is 3. The van der Waals surface area contributed by atoms with Crippen LogP contribution in [0.2, 0.25) is 0 Å². The lowest BCUT2D eigenvalue weighted by Gasteiger charge is -2.30. The number of carbonyl (C=O) groups excluding carboxylic acids is 1. The topological polar surface area (TPSA) is 69.8 Å². The van der Waals surface area contributed by atoms with Crippen molar-refractivity contribution in [2.24, 2.45) is 5.92 Å². The molecule has 8 heteroatoms. The van der Waals surface area contributed by atoms with Crippen LogP contribution in [0.3, 0.4) is 0 Å². The van der Waals surface area contributed by atoms with Crippen LogP contribution in [0.5, 0.6) is 0 Å². The van der Waals surface area contributed by atoms with Gasteiger partial charge in [-0.15, -0.1) is 36.2 Å². The van der Waals surface area contributed by atoms with Crippen molar-refractivity contribution in [1.29, 1.82) is 0 Å². The number of aromatic nitrogens is 2. The van der Waals surface area contributed by atoms with E-state index >= 15 is 0 Å². The van der Waals surface area contributed by atoms with Gasteiger partial charge in [-0.05, 0) is 38.4 Å². The van der Waals surface area contributed by atoms with E-state index in [0.717, 1.165) is 35.8 Å². The first-order valence-electron chi connectivity index (χ1n) is 7.26. The second kappa shape index (κ2) is 8.68. The minimum atomic E-state index is -0.0352. The fraction of sp³-hybridized carbons (Fsp3) is 0.467. The molecule has 0 spiro atoms. The zero-order valence-electron chi connectivity index (χ0n) is 13.1. The van der Waals surface area contributed by atoms with Crippen LogP contribution in [0.25, 0.3) is 11.3 Å². The van der Waals surface area contributed by atoms with Gasteiger partial charge in [0.2, 0.25) is 0 Å². The molecule has 0 bridgehead atoms. The summed E-state index contributed by atoms with van der Waals surface area (Å²) in [5, 5.41) is 9.50. The minimum absolute atomic E-state index is 0.